The molecule has 3 aromatic carbocycles. The number of nitrogens with one attached hydrogen (secondary N) is 3. The molecule has 3 aliphatic heterocycles. The highest BCUT2D eigenvalue weighted by Gasteiger charge is 2.35. The molecule has 21 nitrogen and oxygen atoms in total. The van der Waals surface area contributed by atoms with Crippen molar-refractivity contribution in [3.63, 3.8) is 0 Å². The van der Waals surface area contributed by atoms with Crippen LogP contribution in [0.25, 0.3) is 0 Å². The monoisotopic (exact) mass is 1170 g/mol. The number of para-hydroxylation sites is 3. The number of nitrogens with zero attached hydrogens (tertiary/aromatic N) is 6. The minimum Gasteiger partial charge on any atom is -0.489 e. The molecule has 3 amide bonds. The van der Waals surface area contributed by atoms with Crippen molar-refractivity contribution in [3.8, 4) is 17.2 Å². The molecule has 0 saturated carbocycles. The number of ether oxygens (including phenoxy) is 6. The quantitative estimate of drug-likeness (QED) is 0.0225. The van der Waals surface area contributed by atoms with Gasteiger partial charge >= 0.3 is 35.3 Å². The van der Waals surface area contributed by atoms with Gasteiger partial charge in [-0.1, -0.05) is 93.1 Å². The number of hydrogen-bond acceptors (Lipinski definition) is 15. The van der Waals surface area contributed by atoms with Gasteiger partial charge in [0.15, 0.2) is 18.3 Å². The van der Waals surface area contributed by atoms with E-state index in [9.17, 15) is 28.8 Å². The van der Waals surface area contributed by atoms with Gasteiger partial charge in [-0.2, -0.15) is 0 Å². The number of aromatic nitrogens is 3. The topological polar surface area (TPSA) is 218 Å². The smallest absolute Gasteiger partial charge is 0.407 e. The van der Waals surface area contributed by atoms with Gasteiger partial charge in [-0.05, 0) is 115 Å². The largest absolute Gasteiger partial charge is 0.489 e. The molecule has 0 aliphatic carbocycles. The maximum atomic E-state index is 14.0. The lowest BCUT2D eigenvalue weighted by Gasteiger charge is -2.20. The summed E-state index contributed by atoms with van der Waals surface area (Å²) in [6, 6.07) is 24.6. The van der Waals surface area contributed by atoms with Gasteiger partial charge in [0.05, 0.1) is 0 Å². The summed E-state index contributed by atoms with van der Waals surface area (Å²) in [6.07, 6.45) is 4.96. The van der Waals surface area contributed by atoms with Crippen molar-refractivity contribution in [2.24, 2.45) is 0 Å². The number of amides is 3. The van der Waals surface area contributed by atoms with Crippen LogP contribution in [0.15, 0.2) is 87.2 Å². The van der Waals surface area contributed by atoms with Crippen molar-refractivity contribution in [1.29, 1.82) is 0 Å². The summed E-state index contributed by atoms with van der Waals surface area (Å²) in [5.41, 5.74) is 1.14. The maximum Gasteiger partial charge on any atom is 0.407 e. The second-order valence-electron chi connectivity index (χ2n) is 23.0. The summed E-state index contributed by atoms with van der Waals surface area (Å²) >= 11 is 0. The van der Waals surface area contributed by atoms with Gasteiger partial charge in [-0.15, -0.1) is 0 Å². The Hall–Kier alpha value is -6.84. The Bertz CT molecular complexity index is 2560. The van der Waals surface area contributed by atoms with Gasteiger partial charge in [0.2, 0.25) is 0 Å². The molecule has 4 aromatic rings. The normalized spacial score (nSPS) is 19.5. The predicted molar refractivity (Wildman–Crippen MR) is 323 cm³/mol. The van der Waals surface area contributed by atoms with Gasteiger partial charge in [-0.3, -0.25) is 14.7 Å². The van der Waals surface area contributed by atoms with Crippen LogP contribution in [0, 0.1) is 20.8 Å². The first-order valence-corrected chi connectivity index (χ1v) is 30.7. The van der Waals surface area contributed by atoms with Gasteiger partial charge in [0.25, 0.3) is 0 Å². The average Bonchev–Trinajstić information content (AvgIpc) is 3.18. The standard InChI is InChI=1S/C63H93N9O12/c1-46-25-13-16-28-55(46)79-43-52(40-67-37-49(67)4)82-58(73)64-31-19-7-10-22-34-70-61(76)71(35-23-11-8-20-32-65-59(74)83-53(41-68-38-50(68)5)44-80-56-29-17-14-26-47(56)2)63(78)72(62(70)77)36-24-12-9-21-33-66-60(75)84-54(42-69-39-51(69)6)45-81-57-30-18-15-27-48(57)3/h13-18,25-30,49-54H,7-12,19-24,31-45H2,1-6H3,(H,64,73)(H,65,74)(H,66,75). The second-order valence-corrected chi connectivity index (χ2v) is 23.0. The van der Waals surface area contributed by atoms with Crippen molar-refractivity contribution < 1.29 is 42.8 Å². The fraction of sp³-hybridized carbons (Fsp3) is 0.619. The number of carbonyl (C=O) groups is 3. The summed E-state index contributed by atoms with van der Waals surface area (Å²) < 4.78 is 39.0. The number of carbonyl (C=O) groups excluding carboxylic acids is 3. The highest BCUT2D eigenvalue weighted by molar-refractivity contribution is 5.68. The number of alkyl carbamates (subject to hydrolysis) is 3. The Morgan fingerprint density at radius 3 is 0.917 bits per heavy atom. The van der Waals surface area contributed by atoms with Crippen LogP contribution in [-0.2, 0) is 33.8 Å². The fourth-order valence-electron chi connectivity index (χ4n) is 10.2. The SMILES string of the molecule is Cc1ccccc1OCC(CN1CC1C)OC(=O)NCCCCCCn1c(=O)n(CCCCCCNC(=O)OC(COc2ccccc2C)CN2CC2C)c(=O)n(CCCCCCNC(=O)OC(COc2ccccc2C)CN2CC2C)c1=O. The Morgan fingerprint density at radius 2 is 0.667 bits per heavy atom. The van der Waals surface area contributed by atoms with Crippen molar-refractivity contribution in [1.82, 2.24) is 44.4 Å². The maximum absolute atomic E-state index is 14.0. The molecule has 3 N–H and O–H groups in total. The van der Waals surface area contributed by atoms with E-state index in [4.69, 9.17) is 28.4 Å². The van der Waals surface area contributed by atoms with E-state index in [2.05, 4.69) is 51.4 Å². The third kappa shape index (κ3) is 22.0. The molecule has 1 aromatic heterocycles. The van der Waals surface area contributed by atoms with Crippen LogP contribution in [0.1, 0.15) is 115 Å². The van der Waals surface area contributed by atoms with Crippen LogP contribution in [-0.4, -0.2) is 162 Å². The Balaban J connectivity index is 0.856. The summed E-state index contributed by atoms with van der Waals surface area (Å²) in [6.45, 7) is 19.3. The highest BCUT2D eigenvalue weighted by atomic mass is 16.6. The zero-order valence-corrected chi connectivity index (χ0v) is 50.6. The summed E-state index contributed by atoms with van der Waals surface area (Å²) in [4.78, 5) is 87.2. The summed E-state index contributed by atoms with van der Waals surface area (Å²) in [5.74, 6) is 2.27. The van der Waals surface area contributed by atoms with Gasteiger partial charge in [-0.25, -0.2) is 42.5 Å². The minimum atomic E-state index is -0.628. The second kappa shape index (κ2) is 33.6. The molecular formula is C63H93N9O12. The Labute approximate surface area is 495 Å². The Morgan fingerprint density at radius 1 is 0.417 bits per heavy atom. The molecule has 9 unspecified atom stereocenters. The fourth-order valence-corrected chi connectivity index (χ4v) is 10.2. The summed E-state index contributed by atoms with van der Waals surface area (Å²) in [7, 11) is 0. The van der Waals surface area contributed by atoms with Crippen LogP contribution in [0.2, 0.25) is 0 Å². The molecule has 9 atom stereocenters. The number of benzene rings is 3. The predicted octanol–water partition coefficient (Wildman–Crippen LogP) is 7.41. The number of aryl methyl sites for hydroxylation is 3. The molecule has 0 radical (unpaired) electrons. The van der Waals surface area contributed by atoms with Crippen molar-refractivity contribution in [2.75, 3.05) is 78.7 Å². The van der Waals surface area contributed by atoms with E-state index in [1.165, 1.54) is 13.7 Å². The molecular weight excluding hydrogens is 1070 g/mol. The molecule has 84 heavy (non-hydrogen) atoms. The van der Waals surface area contributed by atoms with Crippen molar-refractivity contribution in [3.05, 3.63) is 121 Å². The van der Waals surface area contributed by atoms with E-state index in [1.54, 1.807) is 0 Å². The first kappa shape index (κ1) is 64.7. The van der Waals surface area contributed by atoms with E-state index in [0.29, 0.717) is 115 Å². The highest BCUT2D eigenvalue weighted by Crippen LogP contribution is 2.23. The zero-order valence-electron chi connectivity index (χ0n) is 50.6. The first-order chi connectivity index (χ1) is 40.6. The molecule has 0 spiro atoms. The molecule has 7 rings (SSSR count). The third-order valence-corrected chi connectivity index (χ3v) is 15.8. The van der Waals surface area contributed by atoms with Crippen LogP contribution >= 0.6 is 0 Å². The van der Waals surface area contributed by atoms with E-state index >= 15 is 0 Å². The average molecular weight is 1170 g/mol. The molecule has 3 saturated heterocycles. The molecule has 0 bridgehead atoms. The molecule has 4 heterocycles. The molecule has 21 heteroatoms. The lowest BCUT2D eigenvalue weighted by Crippen LogP contribution is -2.54. The van der Waals surface area contributed by atoms with E-state index in [1.807, 2.05) is 93.6 Å². The van der Waals surface area contributed by atoms with Crippen LogP contribution in [0.5, 0.6) is 17.2 Å². The van der Waals surface area contributed by atoms with Crippen molar-refractivity contribution >= 4 is 18.3 Å². The number of unbranched alkanes of at least 4 members (excludes halogenated alkanes) is 9. The van der Waals surface area contributed by atoms with Crippen molar-refractivity contribution in [2.45, 2.75) is 175 Å². The van der Waals surface area contributed by atoms with E-state index in [0.717, 1.165) is 72.8 Å². The molecule has 3 aliphatic rings. The Kier molecular flexibility index (Phi) is 25.9. The minimum absolute atomic E-state index is 0.139. The van der Waals surface area contributed by atoms with Gasteiger partial charge < -0.3 is 44.4 Å². The van der Waals surface area contributed by atoms with Crippen LogP contribution < -0.4 is 47.2 Å². The van der Waals surface area contributed by atoms with Gasteiger partial charge in [0, 0.05) is 96.7 Å². The first-order valence-electron chi connectivity index (χ1n) is 30.7. The lowest BCUT2D eigenvalue weighted by molar-refractivity contribution is 0.0553. The summed E-state index contributed by atoms with van der Waals surface area (Å²) in [5, 5.41) is 8.60. The van der Waals surface area contributed by atoms with E-state index in [-0.39, 0.29) is 39.5 Å². The molecule has 462 valence electrons. The third-order valence-electron chi connectivity index (χ3n) is 15.8. The van der Waals surface area contributed by atoms with Gasteiger partial charge in [0.1, 0.15) is 37.1 Å². The number of hydrogen-bond donors (Lipinski definition) is 3. The molecule has 3 fully saturated rings. The van der Waals surface area contributed by atoms with Crippen LogP contribution in [0.3, 0.4) is 0 Å². The lowest BCUT2D eigenvalue weighted by atomic mass is 10.2. The van der Waals surface area contributed by atoms with Crippen LogP contribution in [0.4, 0.5) is 14.4 Å². The zero-order chi connectivity index (χ0) is 59.8. The van der Waals surface area contributed by atoms with E-state index < -0.39 is 53.7 Å². The number of rotatable bonds is 39.